The van der Waals surface area contributed by atoms with Crippen molar-refractivity contribution >= 4 is 27.7 Å². The van der Waals surface area contributed by atoms with Crippen molar-refractivity contribution in [2.24, 2.45) is 0 Å². The second kappa shape index (κ2) is 14.9. The number of carbonyl (C=O) groups excluding carboxylic acids is 1. The number of hydrogen-bond donors (Lipinski definition) is 2. The van der Waals surface area contributed by atoms with Gasteiger partial charge in [0.05, 0.1) is 30.7 Å². The smallest absolute Gasteiger partial charge is 0.379 e. The first-order chi connectivity index (χ1) is 21.8. The zero-order valence-electron chi connectivity index (χ0n) is 26.3. The van der Waals surface area contributed by atoms with Gasteiger partial charge in [-0.2, -0.15) is 22.6 Å². The Bertz CT molecular complexity index is 1470. The molecule has 0 bridgehead atoms. The molecule has 0 aliphatic carbocycles. The van der Waals surface area contributed by atoms with E-state index in [1.807, 2.05) is 4.90 Å². The predicted molar refractivity (Wildman–Crippen MR) is 169 cm³/mol. The van der Waals surface area contributed by atoms with Crippen LogP contribution >= 0.6 is 11.8 Å². The third-order valence-electron chi connectivity index (χ3n) is 8.85. The third-order valence-corrected chi connectivity index (χ3v) is 11.1. The monoisotopic (exact) mass is 688 g/mol. The number of sulfonamides is 1. The Kier molecular flexibility index (Phi) is 11.4. The van der Waals surface area contributed by atoms with Crippen LogP contribution in [0.3, 0.4) is 0 Å². The van der Waals surface area contributed by atoms with Crippen molar-refractivity contribution in [2.45, 2.75) is 69.0 Å². The van der Waals surface area contributed by atoms with Crippen LogP contribution in [0.1, 0.15) is 43.0 Å². The van der Waals surface area contributed by atoms with Gasteiger partial charge in [0.1, 0.15) is 6.23 Å². The number of ether oxygens (including phenoxy) is 1. The summed E-state index contributed by atoms with van der Waals surface area (Å²) >= 11 is 1.15. The molecule has 3 aliphatic heterocycles. The summed E-state index contributed by atoms with van der Waals surface area (Å²) in [6, 6.07) is 4.14. The average molecular weight is 689 g/mol. The van der Waals surface area contributed by atoms with E-state index < -0.39 is 28.0 Å². The van der Waals surface area contributed by atoms with Gasteiger partial charge >= 0.3 is 6.18 Å². The summed E-state index contributed by atoms with van der Waals surface area (Å²) in [4.78, 5) is 15.6. The average Bonchev–Trinajstić information content (AvgIpc) is 3.38. The zero-order chi connectivity index (χ0) is 33.1. The van der Waals surface area contributed by atoms with Crippen LogP contribution in [0.2, 0.25) is 0 Å². The number of carbonyl (C=O) groups is 1. The van der Waals surface area contributed by atoms with Crippen LogP contribution in [0.5, 0.6) is 0 Å². The van der Waals surface area contributed by atoms with Crippen LogP contribution in [0.25, 0.3) is 11.3 Å². The lowest BCUT2D eigenvalue weighted by molar-refractivity contribution is -0.139. The fourth-order valence-electron chi connectivity index (χ4n) is 6.36. The summed E-state index contributed by atoms with van der Waals surface area (Å²) in [5, 5.41) is 18.5. The Balaban J connectivity index is 1.36. The largest absolute Gasteiger partial charge is 0.417 e. The van der Waals surface area contributed by atoms with Crippen molar-refractivity contribution in [1.82, 2.24) is 29.2 Å². The van der Waals surface area contributed by atoms with Gasteiger partial charge in [-0.1, -0.05) is 6.07 Å². The van der Waals surface area contributed by atoms with E-state index in [4.69, 9.17) is 9.84 Å². The number of aromatic nitrogens is 2. The number of hydrogen-bond acceptors (Lipinski definition) is 9. The fourth-order valence-corrected chi connectivity index (χ4v) is 8.26. The lowest BCUT2D eigenvalue weighted by Gasteiger charge is -2.32. The van der Waals surface area contributed by atoms with Crippen molar-refractivity contribution in [3.05, 3.63) is 35.0 Å². The molecule has 0 radical (unpaired) electrons. The number of benzene rings is 1. The normalized spacial score (nSPS) is 20.0. The van der Waals surface area contributed by atoms with Crippen LogP contribution in [0.15, 0.2) is 23.1 Å². The van der Waals surface area contributed by atoms with Gasteiger partial charge in [0.2, 0.25) is 15.9 Å². The SMILES string of the molecule is CC(=O)NC1CCN(CCSc2cc(-c3nn(CCC(O)N4CCOCC4)c4c3CN(S(C)(=O)=O)CC4)ccc2C(F)(F)F)CC1. The van der Waals surface area contributed by atoms with Gasteiger partial charge in [-0.25, -0.2) is 8.42 Å². The number of aliphatic hydroxyl groups is 1. The van der Waals surface area contributed by atoms with Crippen LogP contribution in [-0.2, 0) is 45.2 Å². The third kappa shape index (κ3) is 8.82. The van der Waals surface area contributed by atoms with E-state index in [9.17, 15) is 31.5 Å². The highest BCUT2D eigenvalue weighted by molar-refractivity contribution is 7.99. The number of morpholine rings is 1. The Hall–Kier alpha value is -2.21. The number of likely N-dealkylation sites (tertiary alicyclic amines) is 1. The number of alkyl halides is 3. The maximum atomic E-state index is 14.1. The summed E-state index contributed by atoms with van der Waals surface area (Å²) in [6.45, 7) is 6.69. The molecule has 1 amide bonds. The Morgan fingerprint density at radius 2 is 1.87 bits per heavy atom. The van der Waals surface area contributed by atoms with Crippen LogP contribution in [0, 0.1) is 0 Å². The molecule has 3 aliphatic rings. The molecule has 46 heavy (non-hydrogen) atoms. The number of halogens is 3. The Morgan fingerprint density at radius 1 is 1.15 bits per heavy atom. The molecule has 0 saturated carbocycles. The molecule has 1 unspecified atom stereocenters. The number of thioether (sulfide) groups is 1. The molecule has 11 nitrogen and oxygen atoms in total. The number of amides is 1. The van der Waals surface area contributed by atoms with Crippen molar-refractivity contribution in [1.29, 1.82) is 0 Å². The predicted octanol–water partition coefficient (Wildman–Crippen LogP) is 2.62. The molecule has 256 valence electrons. The van der Waals surface area contributed by atoms with Crippen molar-refractivity contribution in [3.8, 4) is 11.3 Å². The summed E-state index contributed by atoms with van der Waals surface area (Å²) < 4.78 is 75.8. The van der Waals surface area contributed by atoms with Crippen molar-refractivity contribution in [2.75, 3.05) is 64.5 Å². The van der Waals surface area contributed by atoms with E-state index in [1.165, 1.54) is 23.4 Å². The van der Waals surface area contributed by atoms with Gasteiger partial charge in [-0.05, 0) is 25.0 Å². The molecular weight excluding hydrogens is 645 g/mol. The molecule has 16 heteroatoms. The van der Waals surface area contributed by atoms with E-state index in [0.717, 1.165) is 55.7 Å². The Labute approximate surface area is 272 Å². The number of piperidine rings is 1. The lowest BCUT2D eigenvalue weighted by Crippen LogP contribution is -2.44. The van der Waals surface area contributed by atoms with Crippen LogP contribution < -0.4 is 5.32 Å². The van der Waals surface area contributed by atoms with Gasteiger partial charge in [-0.3, -0.25) is 14.4 Å². The highest BCUT2D eigenvalue weighted by Gasteiger charge is 2.35. The van der Waals surface area contributed by atoms with Gasteiger partial charge in [0.15, 0.2) is 0 Å². The van der Waals surface area contributed by atoms with E-state index in [1.54, 1.807) is 4.68 Å². The van der Waals surface area contributed by atoms with E-state index in [2.05, 4.69) is 10.2 Å². The van der Waals surface area contributed by atoms with Gasteiger partial charge in [0, 0.05) is 106 Å². The number of fused-ring (bicyclic) bond motifs is 1. The number of nitrogens with zero attached hydrogens (tertiary/aromatic N) is 5. The maximum Gasteiger partial charge on any atom is 0.417 e. The highest BCUT2D eigenvalue weighted by atomic mass is 32.2. The number of nitrogens with one attached hydrogen (secondary N) is 1. The lowest BCUT2D eigenvalue weighted by atomic mass is 10.0. The van der Waals surface area contributed by atoms with E-state index in [-0.39, 0.29) is 29.9 Å². The van der Waals surface area contributed by atoms with Crippen molar-refractivity contribution in [3.63, 3.8) is 0 Å². The first kappa shape index (κ1) is 35.1. The molecule has 1 aromatic carbocycles. The summed E-state index contributed by atoms with van der Waals surface area (Å²) in [7, 11) is -3.51. The molecule has 2 N–H and O–H groups in total. The first-order valence-electron chi connectivity index (χ1n) is 15.7. The molecule has 0 spiro atoms. The first-order valence-corrected chi connectivity index (χ1v) is 18.5. The second-order valence-corrected chi connectivity index (χ2v) is 15.3. The standard InChI is InChI=1S/C30H43F3N6O5S2/c1-21(40)34-23-5-9-36(10-6-23)15-18-45-27-19-22(3-4-25(27)30(31,32)33)29-24-20-38(46(2,42)43)11-7-26(24)39(35-29)12-8-28(41)37-13-16-44-17-14-37/h3-4,19,23,28,41H,5-18,20H2,1-2H3,(H,34,40). The van der Waals surface area contributed by atoms with Gasteiger partial charge < -0.3 is 20.1 Å². The topological polar surface area (TPSA) is 120 Å². The quantitative estimate of drug-likeness (QED) is 0.344. The molecule has 4 heterocycles. The number of rotatable bonds is 11. The molecule has 2 saturated heterocycles. The molecule has 2 aromatic rings. The number of aliphatic hydroxyl groups excluding tert-OH is 1. The highest BCUT2D eigenvalue weighted by Crippen LogP contribution is 2.40. The van der Waals surface area contributed by atoms with Crippen LogP contribution in [-0.4, -0.2) is 120 Å². The van der Waals surface area contributed by atoms with Gasteiger partial charge in [0.25, 0.3) is 0 Å². The van der Waals surface area contributed by atoms with Crippen LogP contribution in [0.4, 0.5) is 13.2 Å². The van der Waals surface area contributed by atoms with Crippen molar-refractivity contribution < 1.29 is 36.2 Å². The van der Waals surface area contributed by atoms with E-state index in [0.29, 0.717) is 74.8 Å². The summed E-state index contributed by atoms with van der Waals surface area (Å²) in [5.74, 6) is 0.389. The molecule has 1 aromatic heterocycles. The maximum absolute atomic E-state index is 14.1. The minimum atomic E-state index is -4.54. The Morgan fingerprint density at radius 3 is 2.52 bits per heavy atom. The zero-order valence-corrected chi connectivity index (χ0v) is 27.9. The molecular formula is C30H43F3N6O5S2. The minimum absolute atomic E-state index is 0.0609. The number of aryl methyl sites for hydroxylation is 1. The fraction of sp³-hybridized carbons (Fsp3) is 0.667. The minimum Gasteiger partial charge on any atom is -0.379 e. The molecule has 2 fully saturated rings. The summed E-state index contributed by atoms with van der Waals surface area (Å²) in [6.07, 6.45) is -1.70. The molecule has 1 atom stereocenters. The second-order valence-electron chi connectivity index (χ2n) is 12.1. The molecule has 5 rings (SSSR count). The summed E-state index contributed by atoms with van der Waals surface area (Å²) in [5.41, 5.74) is 1.74. The van der Waals surface area contributed by atoms with E-state index >= 15 is 0 Å². The van der Waals surface area contributed by atoms with Gasteiger partial charge in [-0.15, -0.1) is 11.8 Å².